The van der Waals surface area contributed by atoms with Crippen molar-refractivity contribution < 1.29 is 14.3 Å². The largest absolute Gasteiger partial charge is 0.491 e. The first-order valence-corrected chi connectivity index (χ1v) is 6.69. The van der Waals surface area contributed by atoms with Crippen LogP contribution in [0.2, 0.25) is 0 Å². The van der Waals surface area contributed by atoms with Crippen LogP contribution in [0.4, 0.5) is 5.95 Å². The van der Waals surface area contributed by atoms with E-state index >= 15 is 0 Å². The lowest BCUT2D eigenvalue weighted by Gasteiger charge is -2.10. The minimum absolute atomic E-state index is 0.0953. The van der Waals surface area contributed by atoms with Crippen LogP contribution in [0.15, 0.2) is 24.3 Å². The highest BCUT2D eigenvalue weighted by molar-refractivity contribution is 6.00. The SMILES string of the molecule is COCCOc1ccc(-c2nc(N)nc(C)c2C(N)=O)cc1. The van der Waals surface area contributed by atoms with Gasteiger partial charge >= 0.3 is 0 Å². The number of methoxy groups -OCH3 is 1. The summed E-state index contributed by atoms with van der Waals surface area (Å²) >= 11 is 0. The van der Waals surface area contributed by atoms with Gasteiger partial charge in [0.1, 0.15) is 12.4 Å². The zero-order valence-corrected chi connectivity index (χ0v) is 12.5. The maximum absolute atomic E-state index is 11.6. The van der Waals surface area contributed by atoms with Crippen LogP contribution in [-0.2, 0) is 4.74 Å². The van der Waals surface area contributed by atoms with Gasteiger partial charge in [-0.05, 0) is 31.2 Å². The maximum atomic E-state index is 11.6. The van der Waals surface area contributed by atoms with Gasteiger partial charge in [0, 0.05) is 12.7 Å². The lowest BCUT2D eigenvalue weighted by molar-refractivity contribution is 0.0999. The number of nitrogens with zero attached hydrogens (tertiary/aromatic N) is 2. The molecule has 1 heterocycles. The predicted octanol–water partition coefficient (Wildman–Crippen LogP) is 1.16. The number of amides is 1. The van der Waals surface area contributed by atoms with Gasteiger partial charge in [-0.1, -0.05) is 0 Å². The van der Waals surface area contributed by atoms with E-state index in [1.807, 2.05) is 0 Å². The smallest absolute Gasteiger partial charge is 0.252 e. The number of benzene rings is 1. The average molecular weight is 302 g/mol. The molecule has 7 heteroatoms. The monoisotopic (exact) mass is 302 g/mol. The fraction of sp³-hybridized carbons (Fsp3) is 0.267. The number of nitrogens with two attached hydrogens (primary N) is 2. The van der Waals surface area contributed by atoms with Crippen molar-refractivity contribution in [1.29, 1.82) is 0 Å². The Morgan fingerprint density at radius 2 is 1.86 bits per heavy atom. The molecule has 1 aromatic heterocycles. The zero-order chi connectivity index (χ0) is 16.1. The standard InChI is InChI=1S/C15H18N4O3/c1-9-12(14(16)20)13(19-15(17)18-9)10-3-5-11(6-4-10)22-8-7-21-2/h3-6H,7-8H2,1-2H3,(H2,16,20)(H2,17,18,19). The Morgan fingerprint density at radius 3 is 2.45 bits per heavy atom. The van der Waals surface area contributed by atoms with Crippen molar-refractivity contribution in [2.45, 2.75) is 6.92 Å². The lowest BCUT2D eigenvalue weighted by Crippen LogP contribution is -2.17. The Labute approximate surface area is 128 Å². The van der Waals surface area contributed by atoms with Crippen LogP contribution in [0.25, 0.3) is 11.3 Å². The molecule has 1 aromatic carbocycles. The highest BCUT2D eigenvalue weighted by atomic mass is 16.5. The predicted molar refractivity (Wildman–Crippen MR) is 82.5 cm³/mol. The van der Waals surface area contributed by atoms with E-state index in [0.29, 0.717) is 35.9 Å². The highest BCUT2D eigenvalue weighted by Gasteiger charge is 2.17. The normalized spacial score (nSPS) is 10.5. The number of rotatable bonds is 6. The van der Waals surface area contributed by atoms with Gasteiger partial charge in [-0.25, -0.2) is 9.97 Å². The molecule has 116 valence electrons. The molecular formula is C15H18N4O3. The van der Waals surface area contributed by atoms with Gasteiger partial charge in [0.05, 0.1) is 23.6 Å². The van der Waals surface area contributed by atoms with Crippen molar-refractivity contribution in [3.05, 3.63) is 35.5 Å². The summed E-state index contributed by atoms with van der Waals surface area (Å²) in [7, 11) is 1.61. The first kappa shape index (κ1) is 15.7. The topological polar surface area (TPSA) is 113 Å². The fourth-order valence-corrected chi connectivity index (χ4v) is 2.05. The molecule has 0 saturated carbocycles. The third kappa shape index (κ3) is 3.50. The molecule has 4 N–H and O–H groups in total. The second-order valence-corrected chi connectivity index (χ2v) is 4.62. The number of primary amides is 1. The van der Waals surface area contributed by atoms with Crippen molar-refractivity contribution in [3.8, 4) is 17.0 Å². The molecule has 0 atom stereocenters. The summed E-state index contributed by atoms with van der Waals surface area (Å²) in [5, 5.41) is 0. The first-order chi connectivity index (χ1) is 10.5. The number of nitrogen functional groups attached to an aromatic ring is 1. The Hall–Kier alpha value is -2.67. The molecule has 0 aliphatic heterocycles. The zero-order valence-electron chi connectivity index (χ0n) is 12.5. The van der Waals surface area contributed by atoms with Crippen LogP contribution in [0.1, 0.15) is 16.1 Å². The van der Waals surface area contributed by atoms with E-state index in [1.165, 1.54) is 0 Å². The van der Waals surface area contributed by atoms with Gasteiger partial charge in [-0.2, -0.15) is 0 Å². The molecule has 0 fully saturated rings. The molecule has 0 radical (unpaired) electrons. The third-order valence-corrected chi connectivity index (χ3v) is 3.04. The number of anilines is 1. The summed E-state index contributed by atoms with van der Waals surface area (Å²) in [5.41, 5.74) is 12.9. The van der Waals surface area contributed by atoms with Crippen molar-refractivity contribution in [1.82, 2.24) is 9.97 Å². The van der Waals surface area contributed by atoms with E-state index in [2.05, 4.69) is 9.97 Å². The van der Waals surface area contributed by atoms with E-state index in [4.69, 9.17) is 20.9 Å². The van der Waals surface area contributed by atoms with Crippen LogP contribution in [-0.4, -0.2) is 36.2 Å². The van der Waals surface area contributed by atoms with Crippen molar-refractivity contribution >= 4 is 11.9 Å². The van der Waals surface area contributed by atoms with Crippen molar-refractivity contribution in [2.75, 3.05) is 26.1 Å². The molecule has 22 heavy (non-hydrogen) atoms. The Morgan fingerprint density at radius 1 is 1.18 bits per heavy atom. The number of carbonyl (C=O) groups excluding carboxylic acids is 1. The van der Waals surface area contributed by atoms with E-state index < -0.39 is 5.91 Å². The average Bonchev–Trinajstić information content (AvgIpc) is 2.47. The van der Waals surface area contributed by atoms with Gasteiger partial charge in [0.15, 0.2) is 0 Å². The van der Waals surface area contributed by atoms with Crippen LogP contribution in [0.5, 0.6) is 5.75 Å². The molecule has 0 aliphatic rings. The van der Waals surface area contributed by atoms with Crippen molar-refractivity contribution in [2.24, 2.45) is 5.73 Å². The van der Waals surface area contributed by atoms with E-state index in [-0.39, 0.29) is 11.5 Å². The second kappa shape index (κ2) is 6.86. The number of hydrogen-bond acceptors (Lipinski definition) is 6. The van der Waals surface area contributed by atoms with Crippen LogP contribution in [0.3, 0.4) is 0 Å². The lowest BCUT2D eigenvalue weighted by atomic mass is 10.0. The Balaban J connectivity index is 2.34. The summed E-state index contributed by atoms with van der Waals surface area (Å²) in [6.07, 6.45) is 0. The van der Waals surface area contributed by atoms with E-state index in [9.17, 15) is 4.79 Å². The molecule has 7 nitrogen and oxygen atoms in total. The number of aromatic nitrogens is 2. The highest BCUT2D eigenvalue weighted by Crippen LogP contribution is 2.26. The molecule has 1 amide bonds. The van der Waals surface area contributed by atoms with Crippen LogP contribution >= 0.6 is 0 Å². The molecule has 2 aromatic rings. The molecule has 0 spiro atoms. The van der Waals surface area contributed by atoms with Crippen LogP contribution < -0.4 is 16.2 Å². The minimum Gasteiger partial charge on any atom is -0.491 e. The third-order valence-electron chi connectivity index (χ3n) is 3.04. The quantitative estimate of drug-likeness (QED) is 0.774. The van der Waals surface area contributed by atoms with E-state index in [0.717, 1.165) is 0 Å². The molecule has 0 unspecified atom stereocenters. The van der Waals surface area contributed by atoms with Crippen LogP contribution in [0, 0.1) is 6.92 Å². The number of hydrogen-bond donors (Lipinski definition) is 2. The molecule has 2 rings (SSSR count). The summed E-state index contributed by atoms with van der Waals surface area (Å²) in [4.78, 5) is 19.7. The van der Waals surface area contributed by atoms with Gasteiger partial charge in [-0.3, -0.25) is 4.79 Å². The van der Waals surface area contributed by atoms with Gasteiger partial charge in [-0.15, -0.1) is 0 Å². The summed E-state index contributed by atoms with van der Waals surface area (Å²) in [5.74, 6) is 0.200. The molecule has 0 bridgehead atoms. The Bertz CT molecular complexity index is 671. The van der Waals surface area contributed by atoms with Gasteiger partial charge in [0.25, 0.3) is 5.91 Å². The van der Waals surface area contributed by atoms with Gasteiger partial charge < -0.3 is 20.9 Å². The number of aryl methyl sites for hydroxylation is 1. The summed E-state index contributed by atoms with van der Waals surface area (Å²) < 4.78 is 10.4. The molecule has 0 saturated heterocycles. The summed E-state index contributed by atoms with van der Waals surface area (Å²) in [6, 6.07) is 7.14. The number of carbonyl (C=O) groups is 1. The van der Waals surface area contributed by atoms with Crippen molar-refractivity contribution in [3.63, 3.8) is 0 Å². The number of ether oxygens (including phenoxy) is 2. The molecular weight excluding hydrogens is 284 g/mol. The minimum atomic E-state index is -0.590. The summed E-state index contributed by atoms with van der Waals surface area (Å²) in [6.45, 7) is 2.64. The second-order valence-electron chi connectivity index (χ2n) is 4.62. The first-order valence-electron chi connectivity index (χ1n) is 6.69. The van der Waals surface area contributed by atoms with Gasteiger partial charge in [0.2, 0.25) is 5.95 Å². The van der Waals surface area contributed by atoms with E-state index in [1.54, 1.807) is 38.3 Å². The Kier molecular flexibility index (Phi) is 4.90. The maximum Gasteiger partial charge on any atom is 0.252 e. The fourth-order valence-electron chi connectivity index (χ4n) is 2.05. The molecule has 0 aliphatic carbocycles.